The van der Waals surface area contributed by atoms with Crippen LogP contribution in [-0.2, 0) is 22.5 Å². The van der Waals surface area contributed by atoms with Crippen LogP contribution in [0.15, 0.2) is 32.6 Å². The number of nitrogens with zero attached hydrogens (tertiary/aromatic N) is 6. The van der Waals surface area contributed by atoms with Gasteiger partial charge in [0.15, 0.2) is 17.3 Å². The van der Waals surface area contributed by atoms with Gasteiger partial charge in [0.2, 0.25) is 11.8 Å². The highest BCUT2D eigenvalue weighted by Crippen LogP contribution is 2.25. The highest BCUT2D eigenvalue weighted by molar-refractivity contribution is 7.13. The van der Waals surface area contributed by atoms with Crippen LogP contribution >= 0.6 is 23.7 Å². The molecule has 5 rings (SSSR count). The predicted molar refractivity (Wildman–Crippen MR) is 128 cm³/mol. The molecule has 2 saturated heterocycles. The standard InChI is InChI=1S/C22H26N6O5S.ClH/c29-21(27-9-11-31-12-10-27)4-3-20-23-19(25-33-20)15-26-5-7-28(8-6-26)22(30)16-14-17(32-24-16)18-2-1-13-34-18;/h1-2,13-14H,3-12,15H2;1H. The molecule has 0 saturated carbocycles. The second-order valence-corrected chi connectivity index (χ2v) is 9.17. The first kappa shape index (κ1) is 25.3. The Hall–Kier alpha value is -2.80. The smallest absolute Gasteiger partial charge is 0.276 e. The van der Waals surface area contributed by atoms with Gasteiger partial charge in [-0.25, -0.2) is 0 Å². The first-order valence-corrected chi connectivity index (χ1v) is 12.2. The summed E-state index contributed by atoms with van der Waals surface area (Å²) < 4.78 is 15.9. The summed E-state index contributed by atoms with van der Waals surface area (Å²) in [5, 5.41) is 9.97. The molecule has 35 heavy (non-hydrogen) atoms. The van der Waals surface area contributed by atoms with Gasteiger partial charge in [-0.3, -0.25) is 14.5 Å². The van der Waals surface area contributed by atoms with E-state index in [1.165, 1.54) is 0 Å². The predicted octanol–water partition coefficient (Wildman–Crippen LogP) is 1.96. The molecule has 11 nitrogen and oxygen atoms in total. The zero-order valence-corrected chi connectivity index (χ0v) is 20.8. The summed E-state index contributed by atoms with van der Waals surface area (Å²) in [6, 6.07) is 5.57. The molecule has 0 aromatic carbocycles. The van der Waals surface area contributed by atoms with Crippen molar-refractivity contribution in [3.05, 3.63) is 41.0 Å². The largest absolute Gasteiger partial charge is 0.378 e. The molecule has 0 spiro atoms. The molecule has 0 bridgehead atoms. The molecule has 2 fully saturated rings. The third-order valence-electron chi connectivity index (χ3n) is 5.94. The van der Waals surface area contributed by atoms with E-state index < -0.39 is 0 Å². The molecular weight excluding hydrogens is 496 g/mol. The van der Waals surface area contributed by atoms with Crippen molar-refractivity contribution in [3.63, 3.8) is 0 Å². The van der Waals surface area contributed by atoms with Crippen LogP contribution in [0.2, 0.25) is 0 Å². The summed E-state index contributed by atoms with van der Waals surface area (Å²) in [6.45, 7) is 5.53. The lowest BCUT2D eigenvalue weighted by Crippen LogP contribution is -2.48. The number of morpholine rings is 1. The third kappa shape index (κ3) is 6.26. The second-order valence-electron chi connectivity index (χ2n) is 8.22. The van der Waals surface area contributed by atoms with E-state index in [1.54, 1.807) is 22.3 Å². The fourth-order valence-corrected chi connectivity index (χ4v) is 4.70. The molecule has 0 atom stereocenters. The molecule has 3 aromatic heterocycles. The fraction of sp³-hybridized carbons (Fsp3) is 0.500. The first-order chi connectivity index (χ1) is 16.7. The summed E-state index contributed by atoms with van der Waals surface area (Å²) >= 11 is 1.54. The van der Waals surface area contributed by atoms with E-state index in [1.807, 2.05) is 22.4 Å². The zero-order valence-electron chi connectivity index (χ0n) is 19.1. The molecule has 2 aliphatic heterocycles. The Morgan fingerprint density at radius 1 is 1.00 bits per heavy atom. The molecule has 0 unspecified atom stereocenters. The number of piperazine rings is 1. The van der Waals surface area contributed by atoms with Crippen LogP contribution in [0.25, 0.3) is 10.6 Å². The number of thiophene rings is 1. The Kier molecular flexibility index (Phi) is 8.50. The summed E-state index contributed by atoms with van der Waals surface area (Å²) in [4.78, 5) is 36.2. The van der Waals surface area contributed by atoms with E-state index in [4.69, 9.17) is 13.8 Å². The van der Waals surface area contributed by atoms with Gasteiger partial charge < -0.3 is 23.6 Å². The number of amides is 2. The molecular formula is C22H27ClN6O5S. The van der Waals surface area contributed by atoms with Crippen LogP contribution in [0.5, 0.6) is 0 Å². The number of carbonyl (C=O) groups excluding carboxylic acids is 2. The maximum Gasteiger partial charge on any atom is 0.276 e. The van der Waals surface area contributed by atoms with E-state index in [9.17, 15) is 9.59 Å². The van der Waals surface area contributed by atoms with Crippen molar-refractivity contribution in [2.75, 3.05) is 52.5 Å². The Labute approximate surface area is 212 Å². The summed E-state index contributed by atoms with van der Waals surface area (Å²) in [5.41, 5.74) is 0.325. The van der Waals surface area contributed by atoms with Crippen LogP contribution in [0.4, 0.5) is 0 Å². The van der Waals surface area contributed by atoms with Crippen molar-refractivity contribution in [1.29, 1.82) is 0 Å². The molecule has 0 N–H and O–H groups in total. The third-order valence-corrected chi connectivity index (χ3v) is 6.83. The van der Waals surface area contributed by atoms with Gasteiger partial charge in [-0.05, 0) is 11.4 Å². The van der Waals surface area contributed by atoms with Gasteiger partial charge in [0.1, 0.15) is 0 Å². The minimum absolute atomic E-state index is 0. The van der Waals surface area contributed by atoms with Crippen molar-refractivity contribution < 1.29 is 23.4 Å². The van der Waals surface area contributed by atoms with Crippen LogP contribution in [-0.4, -0.2) is 94.3 Å². The average molecular weight is 523 g/mol. The monoisotopic (exact) mass is 522 g/mol. The van der Waals surface area contributed by atoms with Gasteiger partial charge in [0.25, 0.3) is 5.91 Å². The maximum atomic E-state index is 12.8. The number of carbonyl (C=O) groups is 2. The van der Waals surface area contributed by atoms with Gasteiger partial charge >= 0.3 is 0 Å². The number of aromatic nitrogens is 3. The van der Waals surface area contributed by atoms with Gasteiger partial charge in [-0.2, -0.15) is 4.98 Å². The fourth-order valence-electron chi connectivity index (χ4n) is 4.02. The Bertz CT molecular complexity index is 1110. The van der Waals surface area contributed by atoms with E-state index >= 15 is 0 Å². The lowest BCUT2D eigenvalue weighted by atomic mass is 10.2. The van der Waals surface area contributed by atoms with Gasteiger partial charge in [-0.15, -0.1) is 23.7 Å². The lowest BCUT2D eigenvalue weighted by Gasteiger charge is -2.33. The molecule has 0 aliphatic carbocycles. The summed E-state index contributed by atoms with van der Waals surface area (Å²) in [7, 11) is 0. The lowest BCUT2D eigenvalue weighted by molar-refractivity contribution is -0.135. The number of rotatable bonds is 7. The van der Waals surface area contributed by atoms with E-state index in [-0.39, 0.29) is 24.2 Å². The Balaban J connectivity index is 0.00000289. The van der Waals surface area contributed by atoms with Gasteiger partial charge in [0.05, 0.1) is 24.6 Å². The number of hydrogen-bond donors (Lipinski definition) is 0. The van der Waals surface area contributed by atoms with E-state index in [0.717, 1.165) is 4.88 Å². The number of ether oxygens (including phenoxy) is 1. The van der Waals surface area contributed by atoms with E-state index in [0.29, 0.717) is 95.0 Å². The minimum atomic E-state index is -0.127. The van der Waals surface area contributed by atoms with Crippen molar-refractivity contribution in [2.24, 2.45) is 0 Å². The number of halogens is 1. The van der Waals surface area contributed by atoms with Crippen LogP contribution < -0.4 is 0 Å². The van der Waals surface area contributed by atoms with Crippen molar-refractivity contribution >= 4 is 35.6 Å². The van der Waals surface area contributed by atoms with Gasteiger partial charge in [-0.1, -0.05) is 16.4 Å². The average Bonchev–Trinajstić information content (AvgIpc) is 3.65. The summed E-state index contributed by atoms with van der Waals surface area (Å²) in [5.74, 6) is 1.62. The quantitative estimate of drug-likeness (QED) is 0.458. The van der Waals surface area contributed by atoms with Gasteiger partial charge in [0, 0.05) is 58.2 Å². The normalized spacial score (nSPS) is 16.8. The molecule has 13 heteroatoms. The van der Waals surface area contributed by atoms with E-state index in [2.05, 4.69) is 20.2 Å². The zero-order chi connectivity index (χ0) is 23.3. The topological polar surface area (TPSA) is 118 Å². The second kappa shape index (κ2) is 11.8. The molecule has 0 radical (unpaired) electrons. The molecule has 5 heterocycles. The molecule has 3 aromatic rings. The van der Waals surface area contributed by atoms with Crippen molar-refractivity contribution in [2.45, 2.75) is 19.4 Å². The van der Waals surface area contributed by atoms with Crippen LogP contribution in [0, 0.1) is 0 Å². The highest BCUT2D eigenvalue weighted by atomic mass is 35.5. The van der Waals surface area contributed by atoms with Crippen LogP contribution in [0.3, 0.4) is 0 Å². The Morgan fingerprint density at radius 3 is 2.54 bits per heavy atom. The van der Waals surface area contributed by atoms with Crippen LogP contribution in [0.1, 0.15) is 28.6 Å². The molecule has 2 aliphatic rings. The number of aryl methyl sites for hydroxylation is 1. The minimum Gasteiger partial charge on any atom is -0.378 e. The molecule has 188 valence electrons. The number of hydrogen-bond acceptors (Lipinski definition) is 10. The highest BCUT2D eigenvalue weighted by Gasteiger charge is 2.26. The SMILES string of the molecule is Cl.O=C(CCc1nc(CN2CCN(C(=O)c3cc(-c4cccs4)on3)CC2)no1)N1CCOCC1. The van der Waals surface area contributed by atoms with Crippen molar-refractivity contribution in [3.8, 4) is 10.6 Å². The molecule has 2 amide bonds. The first-order valence-electron chi connectivity index (χ1n) is 11.3. The Morgan fingerprint density at radius 2 is 1.80 bits per heavy atom. The summed E-state index contributed by atoms with van der Waals surface area (Å²) in [6.07, 6.45) is 0.773. The maximum absolute atomic E-state index is 12.8. The van der Waals surface area contributed by atoms with Crippen molar-refractivity contribution in [1.82, 2.24) is 30.0 Å².